The predicted octanol–water partition coefficient (Wildman–Crippen LogP) is 7.09. The van der Waals surface area contributed by atoms with Gasteiger partial charge in [-0.2, -0.15) is 13.2 Å². The standard InChI is InChI=1S/C25H26F3N5S2/c1-33-11-14-7-17(13-3-4-13)19(8-15(14)12-33)31-24-29-10-18(25(26,27)28)22(32-24)20-9-21(34-2)23(35-20)30-16-5-6-16/h7-10,13,16,30H,3-6,11-12H2,1-2H3,(H,29,31,32). The van der Waals surface area contributed by atoms with Gasteiger partial charge in [0.2, 0.25) is 5.95 Å². The Bertz CT molecular complexity index is 1280. The van der Waals surface area contributed by atoms with Gasteiger partial charge >= 0.3 is 6.18 Å². The van der Waals surface area contributed by atoms with Crippen LogP contribution in [0, 0.1) is 0 Å². The number of thioether (sulfide) groups is 1. The molecule has 1 aromatic carbocycles. The fraction of sp³-hybridized carbons (Fsp3) is 0.440. The van der Waals surface area contributed by atoms with Crippen LogP contribution in [-0.4, -0.2) is 34.2 Å². The van der Waals surface area contributed by atoms with Gasteiger partial charge in [-0.05, 0) is 73.7 Å². The molecule has 10 heteroatoms. The SMILES string of the molecule is CSc1cc(-c2nc(Nc3cc4c(cc3C3CC3)CN(C)C4)ncc2C(F)(F)F)sc1NC1CC1. The lowest BCUT2D eigenvalue weighted by Crippen LogP contribution is -2.11. The smallest absolute Gasteiger partial charge is 0.373 e. The van der Waals surface area contributed by atoms with Gasteiger partial charge in [-0.3, -0.25) is 4.90 Å². The Morgan fingerprint density at radius 2 is 1.83 bits per heavy atom. The summed E-state index contributed by atoms with van der Waals surface area (Å²) in [5.41, 5.74) is 3.79. The molecule has 0 unspecified atom stereocenters. The third-order valence-corrected chi connectivity index (χ3v) is 8.64. The number of halogens is 3. The van der Waals surface area contributed by atoms with Crippen molar-refractivity contribution in [3.8, 4) is 10.6 Å². The lowest BCUT2D eigenvalue weighted by Gasteiger charge is -2.15. The maximum atomic E-state index is 13.9. The van der Waals surface area contributed by atoms with E-state index in [0.29, 0.717) is 16.8 Å². The van der Waals surface area contributed by atoms with E-state index in [4.69, 9.17) is 0 Å². The summed E-state index contributed by atoms with van der Waals surface area (Å²) in [5.74, 6) is 0.678. The van der Waals surface area contributed by atoms with Gasteiger partial charge in [0.1, 0.15) is 10.6 Å². The lowest BCUT2D eigenvalue weighted by atomic mass is 10.0. The van der Waals surface area contributed by atoms with Crippen molar-refractivity contribution in [2.75, 3.05) is 23.9 Å². The Hall–Kier alpha value is -2.30. The van der Waals surface area contributed by atoms with E-state index < -0.39 is 11.7 Å². The third kappa shape index (κ3) is 4.75. The van der Waals surface area contributed by atoms with E-state index in [1.807, 2.05) is 12.3 Å². The van der Waals surface area contributed by atoms with Crippen LogP contribution in [0.4, 0.5) is 29.8 Å². The molecule has 2 N–H and O–H groups in total. The van der Waals surface area contributed by atoms with Gasteiger partial charge in [-0.15, -0.1) is 23.1 Å². The highest BCUT2D eigenvalue weighted by Crippen LogP contribution is 2.47. The quantitative estimate of drug-likeness (QED) is 0.327. The number of anilines is 3. The van der Waals surface area contributed by atoms with Gasteiger partial charge in [-0.1, -0.05) is 6.07 Å². The van der Waals surface area contributed by atoms with Gasteiger partial charge in [0, 0.05) is 35.9 Å². The fourth-order valence-corrected chi connectivity index (χ4v) is 6.56. The fourth-order valence-electron chi connectivity index (χ4n) is 4.59. The Morgan fingerprint density at radius 3 is 2.49 bits per heavy atom. The van der Waals surface area contributed by atoms with Crippen LogP contribution in [0.15, 0.2) is 29.3 Å². The zero-order valence-corrected chi connectivity index (χ0v) is 21.1. The molecule has 0 amide bonds. The minimum atomic E-state index is -4.54. The van der Waals surface area contributed by atoms with Crippen molar-refractivity contribution in [3.63, 3.8) is 0 Å². The van der Waals surface area contributed by atoms with Crippen LogP contribution in [0.2, 0.25) is 0 Å². The van der Waals surface area contributed by atoms with Crippen molar-refractivity contribution in [3.05, 3.63) is 46.6 Å². The molecular weight excluding hydrogens is 491 g/mol. The highest BCUT2D eigenvalue weighted by atomic mass is 32.2. The van der Waals surface area contributed by atoms with E-state index in [9.17, 15) is 13.2 Å². The first-order valence-electron chi connectivity index (χ1n) is 11.8. The normalized spacial score (nSPS) is 18.1. The van der Waals surface area contributed by atoms with Crippen LogP contribution in [0.5, 0.6) is 0 Å². The summed E-state index contributed by atoms with van der Waals surface area (Å²) in [6, 6.07) is 6.60. The maximum Gasteiger partial charge on any atom is 0.420 e. The first-order valence-corrected chi connectivity index (χ1v) is 13.8. The minimum Gasteiger partial charge on any atom is -0.373 e. The lowest BCUT2D eigenvalue weighted by molar-refractivity contribution is -0.137. The molecule has 184 valence electrons. The molecule has 0 atom stereocenters. The first kappa shape index (κ1) is 23.1. The van der Waals surface area contributed by atoms with Crippen LogP contribution in [-0.2, 0) is 19.3 Å². The highest BCUT2D eigenvalue weighted by molar-refractivity contribution is 7.99. The molecule has 2 saturated carbocycles. The van der Waals surface area contributed by atoms with Crippen LogP contribution in [0.25, 0.3) is 10.6 Å². The molecule has 5 nitrogen and oxygen atoms in total. The number of aromatic nitrogens is 2. The number of rotatable bonds is 7. The number of alkyl halides is 3. The number of thiophene rings is 1. The molecule has 3 aromatic rings. The maximum absolute atomic E-state index is 13.9. The molecule has 0 bridgehead atoms. The Morgan fingerprint density at radius 1 is 1.09 bits per heavy atom. The predicted molar refractivity (Wildman–Crippen MR) is 136 cm³/mol. The topological polar surface area (TPSA) is 53.1 Å². The Labute approximate surface area is 210 Å². The van der Waals surface area contributed by atoms with Crippen molar-refractivity contribution < 1.29 is 13.2 Å². The second-order valence-corrected chi connectivity index (χ2v) is 11.6. The number of fused-ring (bicyclic) bond motifs is 1. The number of hydrogen-bond acceptors (Lipinski definition) is 7. The average molecular weight is 518 g/mol. The van der Waals surface area contributed by atoms with Crippen LogP contribution >= 0.6 is 23.1 Å². The molecule has 6 rings (SSSR count). The molecule has 3 aliphatic rings. The zero-order chi connectivity index (χ0) is 24.3. The molecule has 0 radical (unpaired) electrons. The largest absolute Gasteiger partial charge is 0.420 e. The summed E-state index contributed by atoms with van der Waals surface area (Å²) in [4.78, 5) is 12.2. The molecule has 2 aromatic heterocycles. The van der Waals surface area contributed by atoms with E-state index in [1.54, 1.807) is 0 Å². The summed E-state index contributed by atoms with van der Waals surface area (Å²) < 4.78 is 41.8. The Kier molecular flexibility index (Phi) is 5.73. The number of nitrogens with zero attached hydrogens (tertiary/aromatic N) is 3. The molecule has 1 aliphatic heterocycles. The molecule has 2 fully saturated rings. The second kappa shape index (κ2) is 8.67. The van der Waals surface area contributed by atoms with Gasteiger partial charge in [0.05, 0.1) is 10.6 Å². The molecule has 0 saturated heterocycles. The highest BCUT2D eigenvalue weighted by Gasteiger charge is 2.37. The van der Waals surface area contributed by atoms with Crippen LogP contribution in [0.3, 0.4) is 0 Å². The van der Waals surface area contributed by atoms with Crippen molar-refractivity contribution in [1.82, 2.24) is 14.9 Å². The second-order valence-electron chi connectivity index (χ2n) is 9.66. The Balaban J connectivity index is 1.39. The summed E-state index contributed by atoms with van der Waals surface area (Å²) in [7, 11) is 2.09. The minimum absolute atomic E-state index is 0.0759. The van der Waals surface area contributed by atoms with Gasteiger partial charge in [0.15, 0.2) is 0 Å². The van der Waals surface area contributed by atoms with E-state index in [0.717, 1.165) is 60.6 Å². The van der Waals surface area contributed by atoms with E-state index in [1.165, 1.54) is 39.8 Å². The summed E-state index contributed by atoms with van der Waals surface area (Å²) in [6.07, 6.45) is 2.75. The van der Waals surface area contributed by atoms with Crippen molar-refractivity contribution in [2.45, 2.75) is 61.8 Å². The number of hydrogen-bond donors (Lipinski definition) is 2. The average Bonchev–Trinajstić information content (AvgIpc) is 3.73. The molecule has 3 heterocycles. The summed E-state index contributed by atoms with van der Waals surface area (Å²) in [6.45, 7) is 1.78. The zero-order valence-electron chi connectivity index (χ0n) is 19.5. The van der Waals surface area contributed by atoms with Crippen LogP contribution in [0.1, 0.15) is 53.9 Å². The van der Waals surface area contributed by atoms with Gasteiger partial charge < -0.3 is 10.6 Å². The monoisotopic (exact) mass is 517 g/mol. The van der Waals surface area contributed by atoms with E-state index in [-0.39, 0.29) is 11.6 Å². The summed E-state index contributed by atoms with van der Waals surface area (Å²) >= 11 is 2.86. The molecule has 35 heavy (non-hydrogen) atoms. The van der Waals surface area contributed by atoms with Crippen molar-refractivity contribution >= 4 is 39.7 Å². The first-order chi connectivity index (χ1) is 16.8. The number of benzene rings is 1. The van der Waals surface area contributed by atoms with Gasteiger partial charge in [0.25, 0.3) is 0 Å². The van der Waals surface area contributed by atoms with E-state index >= 15 is 0 Å². The number of nitrogens with one attached hydrogen (secondary N) is 2. The van der Waals surface area contributed by atoms with Crippen molar-refractivity contribution in [1.29, 1.82) is 0 Å². The molecule has 0 spiro atoms. The van der Waals surface area contributed by atoms with Gasteiger partial charge in [-0.25, -0.2) is 9.97 Å². The molecular formula is C25H26F3N5S2. The van der Waals surface area contributed by atoms with Crippen LogP contribution < -0.4 is 10.6 Å². The molecule has 2 aliphatic carbocycles. The third-order valence-electron chi connectivity index (χ3n) is 6.67. The summed E-state index contributed by atoms with van der Waals surface area (Å²) in [5, 5.41) is 7.64. The van der Waals surface area contributed by atoms with E-state index in [2.05, 4.69) is 44.7 Å². The van der Waals surface area contributed by atoms with Crippen molar-refractivity contribution in [2.24, 2.45) is 0 Å².